The van der Waals surface area contributed by atoms with Crippen molar-refractivity contribution in [1.82, 2.24) is 14.9 Å². The van der Waals surface area contributed by atoms with Gasteiger partial charge in [0.2, 0.25) is 0 Å². The number of carbonyl (C=O) groups excluding carboxylic acids is 1. The maximum absolute atomic E-state index is 12.0. The Labute approximate surface area is 131 Å². The van der Waals surface area contributed by atoms with Crippen molar-refractivity contribution >= 4 is 6.09 Å². The van der Waals surface area contributed by atoms with Crippen LogP contribution in [0, 0.1) is 5.92 Å². The van der Waals surface area contributed by atoms with E-state index in [-0.39, 0.29) is 12.2 Å². The first-order valence-corrected chi connectivity index (χ1v) is 7.70. The minimum absolute atomic E-state index is 0.0933. The van der Waals surface area contributed by atoms with Crippen molar-refractivity contribution in [2.75, 3.05) is 19.7 Å². The maximum atomic E-state index is 12.0. The minimum Gasteiger partial charge on any atom is -0.444 e. The molecule has 1 saturated heterocycles. The normalized spacial score (nSPS) is 20.0. The van der Waals surface area contributed by atoms with Crippen LogP contribution in [0.15, 0.2) is 18.6 Å². The van der Waals surface area contributed by atoms with Gasteiger partial charge in [0, 0.05) is 31.4 Å². The van der Waals surface area contributed by atoms with Crippen LogP contribution in [0.1, 0.15) is 45.9 Å². The third-order valence-corrected chi connectivity index (χ3v) is 3.52. The number of nitrogens with zero attached hydrogens (tertiary/aromatic N) is 3. The Morgan fingerprint density at radius 3 is 2.86 bits per heavy atom. The van der Waals surface area contributed by atoms with E-state index in [1.54, 1.807) is 23.5 Å². The highest BCUT2D eigenvalue weighted by Gasteiger charge is 2.30. The molecule has 1 amide bonds. The molecule has 0 unspecified atom stereocenters. The molecule has 6 nitrogen and oxygen atoms in total. The highest BCUT2D eigenvalue weighted by molar-refractivity contribution is 5.68. The van der Waals surface area contributed by atoms with Gasteiger partial charge in [-0.1, -0.05) is 0 Å². The van der Waals surface area contributed by atoms with Gasteiger partial charge < -0.3 is 14.4 Å². The average Bonchev–Trinajstić information content (AvgIpc) is 2.93. The molecule has 2 heterocycles. The quantitative estimate of drug-likeness (QED) is 0.856. The van der Waals surface area contributed by atoms with Crippen LogP contribution in [0.2, 0.25) is 0 Å². The van der Waals surface area contributed by atoms with Gasteiger partial charge in [0.15, 0.2) is 0 Å². The second-order valence-electron chi connectivity index (χ2n) is 6.69. The summed E-state index contributed by atoms with van der Waals surface area (Å²) in [6, 6.07) is 0. The van der Waals surface area contributed by atoms with Crippen LogP contribution in [0.25, 0.3) is 0 Å². The molecule has 0 N–H and O–H groups in total. The van der Waals surface area contributed by atoms with Crippen molar-refractivity contribution in [3.63, 3.8) is 0 Å². The van der Waals surface area contributed by atoms with Crippen LogP contribution in [0.4, 0.5) is 4.79 Å². The Balaban J connectivity index is 1.76. The zero-order valence-corrected chi connectivity index (χ0v) is 13.8. The smallest absolute Gasteiger partial charge is 0.410 e. The van der Waals surface area contributed by atoms with Crippen LogP contribution in [0.3, 0.4) is 0 Å². The number of hydrogen-bond acceptors (Lipinski definition) is 5. The van der Waals surface area contributed by atoms with Crippen molar-refractivity contribution in [2.45, 2.75) is 45.8 Å². The summed E-state index contributed by atoms with van der Waals surface area (Å²) in [5.41, 5.74) is 0.371. The summed E-state index contributed by atoms with van der Waals surface area (Å²) in [5.74, 6) is 0.339. The molecule has 122 valence electrons. The molecule has 0 radical (unpaired) electrons. The van der Waals surface area contributed by atoms with E-state index in [2.05, 4.69) is 9.97 Å². The Hall–Kier alpha value is -1.69. The van der Waals surface area contributed by atoms with Crippen molar-refractivity contribution < 1.29 is 14.3 Å². The second kappa shape index (κ2) is 7.05. The third kappa shape index (κ3) is 4.94. The number of hydrogen-bond donors (Lipinski definition) is 0. The summed E-state index contributed by atoms with van der Waals surface area (Å²) in [6.07, 6.45) is 5.63. The maximum Gasteiger partial charge on any atom is 0.410 e. The predicted molar refractivity (Wildman–Crippen MR) is 82.3 cm³/mol. The van der Waals surface area contributed by atoms with Crippen LogP contribution < -0.4 is 0 Å². The monoisotopic (exact) mass is 307 g/mol. The van der Waals surface area contributed by atoms with E-state index < -0.39 is 5.60 Å². The van der Waals surface area contributed by atoms with E-state index in [4.69, 9.17) is 9.47 Å². The lowest BCUT2D eigenvalue weighted by Gasteiger charge is -2.24. The van der Waals surface area contributed by atoms with Gasteiger partial charge in [-0.25, -0.2) is 4.79 Å². The SMILES string of the molecule is C[C@@H](OC[C@H]1CCN(C(=O)OC(C)(C)C)C1)c1cnccn1. The summed E-state index contributed by atoms with van der Waals surface area (Å²) in [7, 11) is 0. The molecule has 0 aromatic carbocycles. The fraction of sp³-hybridized carbons (Fsp3) is 0.688. The lowest BCUT2D eigenvalue weighted by molar-refractivity contribution is 0.0228. The number of likely N-dealkylation sites (tertiary alicyclic amines) is 1. The van der Waals surface area contributed by atoms with Crippen molar-refractivity contribution in [3.05, 3.63) is 24.3 Å². The van der Waals surface area contributed by atoms with Crippen LogP contribution >= 0.6 is 0 Å². The zero-order chi connectivity index (χ0) is 16.2. The molecule has 0 bridgehead atoms. The van der Waals surface area contributed by atoms with Gasteiger partial charge in [-0.2, -0.15) is 0 Å². The first-order chi connectivity index (χ1) is 10.3. The Morgan fingerprint density at radius 1 is 1.45 bits per heavy atom. The lowest BCUT2D eigenvalue weighted by Crippen LogP contribution is -2.35. The number of amides is 1. The van der Waals surface area contributed by atoms with Crippen molar-refractivity contribution in [2.24, 2.45) is 5.92 Å². The van der Waals surface area contributed by atoms with Gasteiger partial charge in [0.05, 0.1) is 24.6 Å². The van der Waals surface area contributed by atoms with Gasteiger partial charge in [0.25, 0.3) is 0 Å². The first-order valence-electron chi connectivity index (χ1n) is 7.70. The summed E-state index contributed by atoms with van der Waals surface area (Å²) in [6.45, 7) is 9.62. The molecular weight excluding hydrogens is 282 g/mol. The largest absolute Gasteiger partial charge is 0.444 e. The van der Waals surface area contributed by atoms with Gasteiger partial charge >= 0.3 is 6.09 Å². The molecule has 1 aromatic heterocycles. The molecule has 1 aromatic rings. The average molecular weight is 307 g/mol. The molecule has 0 aliphatic carbocycles. The molecule has 0 saturated carbocycles. The molecular formula is C16H25N3O3. The molecule has 22 heavy (non-hydrogen) atoms. The standard InChI is InChI=1S/C16H25N3O3/c1-12(14-9-17-6-7-18-14)21-11-13-5-8-19(10-13)15(20)22-16(2,3)4/h6-7,9,12-13H,5,8,10-11H2,1-4H3/t12-,13+/m1/s1. The van der Waals surface area contributed by atoms with Crippen LogP contribution in [0.5, 0.6) is 0 Å². The third-order valence-electron chi connectivity index (χ3n) is 3.52. The van der Waals surface area contributed by atoms with E-state index in [0.29, 0.717) is 19.1 Å². The van der Waals surface area contributed by atoms with Crippen molar-refractivity contribution in [3.8, 4) is 0 Å². The second-order valence-corrected chi connectivity index (χ2v) is 6.69. The minimum atomic E-state index is -0.452. The molecule has 1 aliphatic rings. The van der Waals surface area contributed by atoms with Crippen LogP contribution in [-0.2, 0) is 9.47 Å². The van der Waals surface area contributed by atoms with E-state index in [1.807, 2.05) is 27.7 Å². The topological polar surface area (TPSA) is 64.5 Å². The highest BCUT2D eigenvalue weighted by atomic mass is 16.6. The van der Waals surface area contributed by atoms with Gasteiger partial charge in [-0.15, -0.1) is 0 Å². The van der Waals surface area contributed by atoms with Crippen molar-refractivity contribution in [1.29, 1.82) is 0 Å². The summed E-state index contributed by atoms with van der Waals surface area (Å²) < 4.78 is 11.3. The van der Waals surface area contributed by atoms with E-state index >= 15 is 0 Å². The Kier molecular flexibility index (Phi) is 5.34. The fourth-order valence-electron chi connectivity index (χ4n) is 2.35. The van der Waals surface area contributed by atoms with Gasteiger partial charge in [0.1, 0.15) is 5.60 Å². The molecule has 0 spiro atoms. The van der Waals surface area contributed by atoms with Gasteiger partial charge in [-0.3, -0.25) is 9.97 Å². The molecule has 2 atom stereocenters. The number of ether oxygens (including phenoxy) is 2. The molecule has 6 heteroatoms. The van der Waals surface area contributed by atoms with E-state index in [1.165, 1.54) is 0 Å². The number of rotatable bonds is 4. The first kappa shape index (κ1) is 16.7. The molecule has 1 fully saturated rings. The van der Waals surface area contributed by atoms with Gasteiger partial charge in [-0.05, 0) is 34.1 Å². The highest BCUT2D eigenvalue weighted by Crippen LogP contribution is 2.22. The molecule has 1 aliphatic heterocycles. The lowest BCUT2D eigenvalue weighted by atomic mass is 10.1. The molecule has 2 rings (SSSR count). The summed E-state index contributed by atoms with van der Waals surface area (Å²) >= 11 is 0. The predicted octanol–water partition coefficient (Wildman–Crippen LogP) is 2.81. The Morgan fingerprint density at radius 2 is 2.23 bits per heavy atom. The number of carbonyl (C=O) groups is 1. The Bertz CT molecular complexity index is 487. The number of aromatic nitrogens is 2. The van der Waals surface area contributed by atoms with Crippen LogP contribution in [-0.4, -0.2) is 46.3 Å². The summed E-state index contributed by atoms with van der Waals surface area (Å²) in [5, 5.41) is 0. The van der Waals surface area contributed by atoms with E-state index in [0.717, 1.165) is 18.7 Å². The fourth-order valence-corrected chi connectivity index (χ4v) is 2.35. The zero-order valence-electron chi connectivity index (χ0n) is 13.8. The van der Waals surface area contributed by atoms with E-state index in [9.17, 15) is 4.79 Å². The summed E-state index contributed by atoms with van der Waals surface area (Å²) in [4.78, 5) is 22.0.